The van der Waals surface area contributed by atoms with E-state index in [0.717, 1.165) is 4.90 Å². The number of rotatable bonds is 8. The van der Waals surface area contributed by atoms with Crippen molar-refractivity contribution in [3.05, 3.63) is 48.6 Å². The summed E-state index contributed by atoms with van der Waals surface area (Å²) in [5, 5.41) is 31.6. The molecule has 182 valence electrons. The Kier molecular flexibility index (Phi) is 8.12. The minimum atomic E-state index is -1.82. The van der Waals surface area contributed by atoms with Gasteiger partial charge in [0.05, 0.1) is 37.8 Å². The topological polar surface area (TPSA) is 200 Å². The second-order valence-electron chi connectivity index (χ2n) is 7.47. The molecule has 3 rings (SSSR count). The van der Waals surface area contributed by atoms with Crippen LogP contribution in [0, 0.1) is 10.8 Å². The largest absolute Gasteiger partial charge is 0.481 e. The van der Waals surface area contributed by atoms with E-state index in [4.69, 9.17) is 26.0 Å². The number of pyridine rings is 2. The van der Waals surface area contributed by atoms with E-state index in [-0.39, 0.29) is 36.2 Å². The maximum atomic E-state index is 12.8. The molecule has 0 saturated carbocycles. The van der Waals surface area contributed by atoms with Gasteiger partial charge in [-0.15, -0.1) is 0 Å². The van der Waals surface area contributed by atoms with Crippen molar-refractivity contribution < 1.29 is 24.2 Å². The molecule has 2 atom stereocenters. The molecular formula is C21H25BN8O5. The molecule has 2 amide bonds. The lowest BCUT2D eigenvalue weighted by Crippen LogP contribution is -2.56. The third-order valence-corrected chi connectivity index (χ3v) is 5.00. The molecule has 7 N–H and O–H groups in total. The quantitative estimate of drug-likeness (QED) is 0.143. The lowest BCUT2D eigenvalue weighted by Gasteiger charge is -2.33. The molecule has 13 nitrogen and oxygen atoms in total. The molecule has 1 saturated heterocycles. The van der Waals surface area contributed by atoms with Gasteiger partial charge in [-0.3, -0.25) is 30.3 Å². The maximum Gasteiger partial charge on any atom is 0.260 e. The fourth-order valence-corrected chi connectivity index (χ4v) is 3.27. The number of aromatic nitrogens is 2. The molecule has 0 bridgehead atoms. The number of nitrogen functional groups attached to an aromatic ring is 1. The second kappa shape index (κ2) is 11.2. The Bertz CT molecular complexity index is 1170. The molecule has 2 unspecified atom stereocenters. The molecule has 2 aromatic rings. The van der Waals surface area contributed by atoms with E-state index in [1.54, 1.807) is 26.2 Å². The number of hydrogen-bond donors (Lipinski definition) is 6. The van der Waals surface area contributed by atoms with E-state index in [9.17, 15) is 14.7 Å². The summed E-state index contributed by atoms with van der Waals surface area (Å²) in [5.74, 6) is -1.55. The molecule has 0 spiro atoms. The van der Waals surface area contributed by atoms with Crippen LogP contribution in [0.25, 0.3) is 0 Å². The Balaban J connectivity index is 1.61. The van der Waals surface area contributed by atoms with Gasteiger partial charge in [0.1, 0.15) is 19.5 Å². The number of hydrogen-bond acceptors (Lipinski definition) is 10. The van der Waals surface area contributed by atoms with Gasteiger partial charge in [-0.05, 0) is 18.2 Å². The van der Waals surface area contributed by atoms with Gasteiger partial charge in [0, 0.05) is 24.2 Å². The second-order valence-corrected chi connectivity index (χ2v) is 7.47. The van der Waals surface area contributed by atoms with E-state index in [1.807, 2.05) is 0 Å². The van der Waals surface area contributed by atoms with Gasteiger partial charge in [-0.1, -0.05) is 5.46 Å². The zero-order valence-corrected chi connectivity index (χ0v) is 19.1. The summed E-state index contributed by atoms with van der Waals surface area (Å²) in [6.07, 6.45) is 2.37. The highest BCUT2D eigenvalue weighted by atomic mass is 16.5. The third kappa shape index (κ3) is 6.19. The van der Waals surface area contributed by atoms with E-state index in [2.05, 4.69) is 20.6 Å². The lowest BCUT2D eigenvalue weighted by molar-refractivity contribution is -0.161. The van der Waals surface area contributed by atoms with Crippen molar-refractivity contribution in [2.75, 3.05) is 30.9 Å². The predicted molar refractivity (Wildman–Crippen MR) is 131 cm³/mol. The number of aliphatic hydroxyl groups excluding tert-OH is 1. The first-order valence-electron chi connectivity index (χ1n) is 10.5. The summed E-state index contributed by atoms with van der Waals surface area (Å²) >= 11 is 0. The van der Waals surface area contributed by atoms with E-state index in [1.165, 1.54) is 31.6 Å². The van der Waals surface area contributed by atoms with Crippen LogP contribution in [0.2, 0.25) is 0 Å². The third-order valence-electron chi connectivity index (χ3n) is 5.00. The smallest absolute Gasteiger partial charge is 0.260 e. The molecule has 0 aliphatic carbocycles. The van der Waals surface area contributed by atoms with Gasteiger partial charge >= 0.3 is 0 Å². The van der Waals surface area contributed by atoms with E-state index in [0.29, 0.717) is 17.0 Å². The molecule has 2 aromatic heterocycles. The van der Waals surface area contributed by atoms with Crippen LogP contribution < -0.4 is 26.6 Å². The van der Waals surface area contributed by atoms with E-state index >= 15 is 0 Å². The number of nitrogens with two attached hydrogens (primary N) is 1. The van der Waals surface area contributed by atoms with Gasteiger partial charge < -0.3 is 30.9 Å². The Hall–Kier alpha value is -4.30. The average molecular weight is 480 g/mol. The first-order chi connectivity index (χ1) is 16.7. The van der Waals surface area contributed by atoms with Crippen LogP contribution in [-0.4, -0.2) is 83.8 Å². The number of ether oxygens (including phenoxy) is 2. The van der Waals surface area contributed by atoms with Crippen molar-refractivity contribution >= 4 is 48.2 Å². The van der Waals surface area contributed by atoms with Crippen LogP contribution in [0.3, 0.4) is 0 Å². The monoisotopic (exact) mass is 480 g/mol. The predicted octanol–water partition coefficient (Wildman–Crippen LogP) is -1.84. The Labute approximate surface area is 201 Å². The van der Waals surface area contributed by atoms with Crippen molar-refractivity contribution in [2.45, 2.75) is 12.2 Å². The number of carbonyl (C=O) groups excluding carboxylic acids is 2. The number of carbonyl (C=O) groups is 2. The van der Waals surface area contributed by atoms with Crippen LogP contribution in [-0.2, 0) is 14.3 Å². The summed E-state index contributed by atoms with van der Waals surface area (Å²) in [6.45, 7) is 0.117. The minimum absolute atomic E-state index is 0.0277. The highest BCUT2D eigenvalue weighted by Gasteiger charge is 2.39. The molecule has 0 radical (unpaired) electrons. The standard InChI is InChI=1S/C21H25BN8O5/c1-34-15-9-11(2-4-27-15)26-5-3-14(23)30-6-7-35-18(21(30)33)17(31)20(32)29-12-8-13(22)16(19(24)25)28-10-12/h2-5,8-10,17-18,23,31H,6-7,22H2,1H3,(H3,24,25)(H,26,27)(H,29,32)/b5-3-,23-14?. The summed E-state index contributed by atoms with van der Waals surface area (Å²) in [6, 6.07) is 4.89. The Morgan fingerprint density at radius 2 is 2.17 bits per heavy atom. The zero-order chi connectivity index (χ0) is 25.5. The lowest BCUT2D eigenvalue weighted by atomic mass is 9.93. The average Bonchev–Trinajstić information content (AvgIpc) is 2.83. The van der Waals surface area contributed by atoms with Gasteiger partial charge in [0.25, 0.3) is 11.8 Å². The fraction of sp³-hybridized carbons (Fsp3) is 0.238. The number of nitrogens with zero attached hydrogens (tertiary/aromatic N) is 3. The van der Waals surface area contributed by atoms with Crippen molar-refractivity contribution in [3.63, 3.8) is 0 Å². The number of nitrogens with one attached hydrogen (secondary N) is 4. The van der Waals surface area contributed by atoms with Crippen molar-refractivity contribution in [2.24, 2.45) is 5.73 Å². The maximum absolute atomic E-state index is 12.8. The van der Waals surface area contributed by atoms with Gasteiger partial charge in [-0.25, -0.2) is 4.98 Å². The number of amidine groups is 2. The van der Waals surface area contributed by atoms with Gasteiger partial charge in [-0.2, -0.15) is 0 Å². The number of anilines is 2. The van der Waals surface area contributed by atoms with Crippen molar-refractivity contribution in [1.82, 2.24) is 14.9 Å². The molecule has 1 aliphatic heterocycles. The van der Waals surface area contributed by atoms with Crippen molar-refractivity contribution in [3.8, 4) is 5.88 Å². The number of methoxy groups -OCH3 is 1. The fourth-order valence-electron chi connectivity index (χ4n) is 3.27. The summed E-state index contributed by atoms with van der Waals surface area (Å²) in [5.41, 5.74) is 7.19. The molecule has 0 aromatic carbocycles. The van der Waals surface area contributed by atoms with E-state index < -0.39 is 24.0 Å². The minimum Gasteiger partial charge on any atom is -0.481 e. The van der Waals surface area contributed by atoms with Crippen LogP contribution in [0.15, 0.2) is 42.9 Å². The van der Waals surface area contributed by atoms with Gasteiger partial charge in [0.15, 0.2) is 12.2 Å². The Morgan fingerprint density at radius 1 is 1.40 bits per heavy atom. The highest BCUT2D eigenvalue weighted by molar-refractivity contribution is 6.36. The summed E-state index contributed by atoms with van der Waals surface area (Å²) in [4.78, 5) is 34.5. The van der Waals surface area contributed by atoms with Crippen LogP contribution in [0.1, 0.15) is 5.69 Å². The molecule has 1 aliphatic rings. The highest BCUT2D eigenvalue weighted by Crippen LogP contribution is 2.15. The number of morpholine rings is 1. The first-order valence-corrected chi connectivity index (χ1v) is 10.5. The molecule has 3 heterocycles. The number of amides is 2. The first kappa shape index (κ1) is 25.3. The molecule has 35 heavy (non-hydrogen) atoms. The molecule has 14 heteroatoms. The van der Waals surface area contributed by atoms with Crippen molar-refractivity contribution in [1.29, 1.82) is 10.8 Å². The van der Waals surface area contributed by atoms with Crippen LogP contribution in [0.4, 0.5) is 11.4 Å². The van der Waals surface area contributed by atoms with Gasteiger partial charge in [0.2, 0.25) is 5.88 Å². The summed E-state index contributed by atoms with van der Waals surface area (Å²) < 4.78 is 10.4. The molecule has 1 fully saturated rings. The van der Waals surface area contributed by atoms with Crippen LogP contribution in [0.5, 0.6) is 5.88 Å². The zero-order valence-electron chi connectivity index (χ0n) is 19.1. The van der Waals surface area contributed by atoms with Crippen LogP contribution >= 0.6 is 0 Å². The number of aliphatic hydroxyl groups is 1. The summed E-state index contributed by atoms with van der Waals surface area (Å²) in [7, 11) is 3.16. The SMILES string of the molecule is Bc1cc(NC(=O)C(O)C2OCCN(C(=N)/C=C\Nc3ccnc(OC)c3)C2=O)cnc1C(=N)N. The normalized spacial score (nSPS) is 16.6. The molecular weight excluding hydrogens is 455 g/mol. The Morgan fingerprint density at radius 3 is 2.86 bits per heavy atom.